The molecule has 0 aliphatic heterocycles. The molecule has 11 heteroatoms. The number of benzene rings is 1. The number of aromatic nitrogens is 1. The lowest BCUT2D eigenvalue weighted by molar-refractivity contribution is -0.120. The predicted molar refractivity (Wildman–Crippen MR) is 95.1 cm³/mol. The summed E-state index contributed by atoms with van der Waals surface area (Å²) in [7, 11) is -5.27. The fraction of sp³-hybridized carbons (Fsp3) is 0.333. The van der Waals surface area contributed by atoms with Crippen molar-refractivity contribution < 1.29 is 17.4 Å². The molecule has 0 fully saturated rings. The highest BCUT2D eigenvalue weighted by Crippen LogP contribution is 2.32. The molecule has 1 amide bonds. The van der Waals surface area contributed by atoms with E-state index in [1.807, 2.05) is 6.07 Å². The third-order valence-electron chi connectivity index (χ3n) is 2.86. The van der Waals surface area contributed by atoms with E-state index in [4.69, 9.17) is 5.14 Å². The number of carbonyl (C=O) groups is 1. The molecule has 1 heterocycles. The highest BCUT2D eigenvalue weighted by atomic mass is 79.9. The molecule has 0 saturated heterocycles. The second-order valence-corrected chi connectivity index (χ2v) is 10.0. The van der Waals surface area contributed by atoms with E-state index in [1.165, 1.54) is 0 Å². The van der Waals surface area contributed by atoms with Crippen molar-refractivity contribution in [3.05, 3.63) is 27.7 Å². The Balaban J connectivity index is 2.34. The summed E-state index contributed by atoms with van der Waals surface area (Å²) in [6.45, 7) is 0.0322. The van der Waals surface area contributed by atoms with Crippen LogP contribution in [0.5, 0.6) is 0 Å². The predicted octanol–water partition coefficient (Wildman–Crippen LogP) is 0.883. The number of nitrogens with zero attached hydrogens (tertiary/aromatic N) is 1. The van der Waals surface area contributed by atoms with Crippen LogP contribution in [-0.4, -0.2) is 42.1 Å². The first-order chi connectivity index (χ1) is 10.7. The maximum absolute atomic E-state index is 12.2. The maximum atomic E-state index is 12.2. The van der Waals surface area contributed by atoms with Gasteiger partial charge in [0, 0.05) is 17.3 Å². The van der Waals surface area contributed by atoms with Crippen LogP contribution >= 0.6 is 27.3 Å². The second-order valence-electron chi connectivity index (χ2n) is 4.75. The summed E-state index contributed by atoms with van der Waals surface area (Å²) >= 11 is 4.48. The highest BCUT2D eigenvalue weighted by Gasteiger charge is 2.33. The molecule has 0 saturated carbocycles. The molecule has 2 unspecified atom stereocenters. The molecule has 2 aromatic rings. The Kier molecular flexibility index (Phi) is 5.89. The van der Waals surface area contributed by atoms with E-state index in [0.29, 0.717) is 5.52 Å². The van der Waals surface area contributed by atoms with E-state index in [0.717, 1.165) is 26.8 Å². The van der Waals surface area contributed by atoms with Crippen LogP contribution in [-0.2, 0) is 25.6 Å². The summed E-state index contributed by atoms with van der Waals surface area (Å²) in [6.07, 6.45) is 0.986. The number of nitrogens with one attached hydrogen (secondary N) is 1. The Morgan fingerprint density at radius 3 is 2.83 bits per heavy atom. The summed E-state index contributed by atoms with van der Waals surface area (Å²) in [5.74, 6) is -0.647. The molecule has 0 bridgehead atoms. The van der Waals surface area contributed by atoms with Crippen molar-refractivity contribution in [2.75, 3.05) is 18.6 Å². The number of amides is 1. The van der Waals surface area contributed by atoms with Crippen LogP contribution < -0.4 is 10.5 Å². The summed E-state index contributed by atoms with van der Waals surface area (Å²) in [6, 6.07) is 5.34. The van der Waals surface area contributed by atoms with Crippen molar-refractivity contribution in [2.45, 2.75) is 5.25 Å². The number of sulfone groups is 1. The van der Waals surface area contributed by atoms with Crippen LogP contribution in [0, 0.1) is 0 Å². The van der Waals surface area contributed by atoms with Crippen molar-refractivity contribution in [3.8, 4) is 0 Å². The zero-order valence-electron chi connectivity index (χ0n) is 12.0. The average Bonchev–Trinajstić information content (AvgIpc) is 2.78. The fourth-order valence-corrected chi connectivity index (χ4v) is 5.25. The van der Waals surface area contributed by atoms with Gasteiger partial charge < -0.3 is 5.32 Å². The lowest BCUT2D eigenvalue weighted by atomic mass is 10.3. The van der Waals surface area contributed by atoms with Crippen molar-refractivity contribution in [3.63, 3.8) is 0 Å². The minimum atomic E-state index is -3.71. The topological polar surface area (TPSA) is 119 Å². The number of hydrogen-bond acceptors (Lipinski definition) is 6. The summed E-state index contributed by atoms with van der Waals surface area (Å²) in [5, 5.41) is 6.35. The normalized spacial score (nSPS) is 14.6. The van der Waals surface area contributed by atoms with Crippen LogP contribution in [0.25, 0.3) is 10.2 Å². The van der Waals surface area contributed by atoms with Crippen LogP contribution in [0.3, 0.4) is 0 Å². The highest BCUT2D eigenvalue weighted by molar-refractivity contribution is 9.10. The van der Waals surface area contributed by atoms with E-state index >= 15 is 0 Å². The van der Waals surface area contributed by atoms with Gasteiger partial charge in [-0.15, -0.1) is 11.3 Å². The largest absolute Gasteiger partial charge is 0.354 e. The molecule has 0 aliphatic rings. The molecule has 1 aromatic heterocycles. The molecule has 0 aliphatic carbocycles. The average molecular weight is 440 g/mol. The smallest absolute Gasteiger partial charge is 0.245 e. The molecular weight excluding hydrogens is 426 g/mol. The minimum Gasteiger partial charge on any atom is -0.354 e. The number of halogens is 1. The molecule has 2 atom stereocenters. The fourth-order valence-electron chi connectivity index (χ4n) is 1.89. The third-order valence-corrected chi connectivity index (χ3v) is 6.49. The van der Waals surface area contributed by atoms with E-state index in [9.17, 15) is 17.4 Å². The maximum Gasteiger partial charge on any atom is 0.245 e. The lowest BCUT2D eigenvalue weighted by Crippen LogP contribution is -2.36. The molecule has 0 radical (unpaired) electrons. The molecule has 3 N–H and O–H groups in total. The number of fused-ring (bicyclic) bond motifs is 1. The van der Waals surface area contributed by atoms with Gasteiger partial charge in [-0.2, -0.15) is 0 Å². The zero-order valence-corrected chi connectivity index (χ0v) is 16.0. The Morgan fingerprint density at radius 1 is 1.52 bits per heavy atom. The van der Waals surface area contributed by atoms with Crippen molar-refractivity contribution >= 4 is 64.2 Å². The van der Waals surface area contributed by atoms with Crippen LogP contribution in [0.2, 0.25) is 0 Å². The van der Waals surface area contributed by atoms with Gasteiger partial charge in [0.15, 0.2) is 15.1 Å². The molecular formula is C12H14BrN3O4S3. The van der Waals surface area contributed by atoms with E-state index < -0.39 is 32.0 Å². The first-order valence-electron chi connectivity index (χ1n) is 6.34. The standard InChI is InChI=1S/C12H14BrN3O4S3/c1-23(19,20)10(11(17)15-4-5-22(14)18)12-16-8-3-2-7(13)6-9(8)21-12/h2-3,6,10H,4-5,14H2,1H3,(H,15,17). The van der Waals surface area contributed by atoms with Gasteiger partial charge in [0.05, 0.1) is 27.0 Å². The Labute approximate surface area is 148 Å². The quantitative estimate of drug-likeness (QED) is 0.691. The number of carbonyl (C=O) groups excluding carboxylic acids is 1. The van der Waals surface area contributed by atoms with Crippen molar-refractivity contribution in [1.29, 1.82) is 0 Å². The van der Waals surface area contributed by atoms with Gasteiger partial charge in [-0.1, -0.05) is 15.9 Å². The van der Waals surface area contributed by atoms with E-state index in [-0.39, 0.29) is 17.3 Å². The molecule has 126 valence electrons. The summed E-state index contributed by atoms with van der Waals surface area (Å²) < 4.78 is 36.5. The molecule has 7 nitrogen and oxygen atoms in total. The van der Waals surface area contributed by atoms with Gasteiger partial charge in [0.25, 0.3) is 0 Å². The number of hydrogen-bond donors (Lipinski definition) is 2. The lowest BCUT2D eigenvalue weighted by Gasteiger charge is -2.12. The van der Waals surface area contributed by atoms with E-state index in [2.05, 4.69) is 26.2 Å². The first-order valence-corrected chi connectivity index (χ1v) is 11.3. The number of thiazole rings is 1. The zero-order chi connectivity index (χ0) is 17.2. The molecule has 2 rings (SSSR count). The van der Waals surface area contributed by atoms with Crippen molar-refractivity contribution in [2.24, 2.45) is 5.14 Å². The van der Waals surface area contributed by atoms with Gasteiger partial charge in [-0.05, 0) is 18.2 Å². The number of nitrogens with two attached hydrogens (primary N) is 1. The van der Waals surface area contributed by atoms with Gasteiger partial charge in [0.2, 0.25) is 5.91 Å². The Hall–Kier alpha value is -0.880. The van der Waals surface area contributed by atoms with Crippen LogP contribution in [0.4, 0.5) is 0 Å². The summed E-state index contributed by atoms with van der Waals surface area (Å²) in [4.78, 5) is 16.5. The summed E-state index contributed by atoms with van der Waals surface area (Å²) in [5.41, 5.74) is 0.623. The Morgan fingerprint density at radius 2 is 2.22 bits per heavy atom. The number of rotatable bonds is 6. The van der Waals surface area contributed by atoms with Gasteiger partial charge in [0.1, 0.15) is 5.01 Å². The SMILES string of the molecule is CS(=O)(=O)C(C(=O)NCCS(N)=O)c1nc2ccc(Br)cc2s1. The molecule has 0 spiro atoms. The van der Waals surface area contributed by atoms with E-state index in [1.54, 1.807) is 12.1 Å². The van der Waals surface area contributed by atoms with Crippen LogP contribution in [0.1, 0.15) is 10.3 Å². The van der Waals surface area contributed by atoms with Gasteiger partial charge >= 0.3 is 0 Å². The second kappa shape index (κ2) is 7.34. The Bertz CT molecular complexity index is 866. The third kappa shape index (κ3) is 4.80. The monoisotopic (exact) mass is 439 g/mol. The minimum absolute atomic E-state index is 0.0322. The van der Waals surface area contributed by atoms with Gasteiger partial charge in [-0.3, -0.25) is 9.93 Å². The molecule has 1 aromatic carbocycles. The first kappa shape index (κ1) is 18.5. The van der Waals surface area contributed by atoms with Crippen molar-refractivity contribution in [1.82, 2.24) is 10.3 Å². The van der Waals surface area contributed by atoms with Gasteiger partial charge in [-0.25, -0.2) is 17.6 Å². The van der Waals surface area contributed by atoms with Crippen LogP contribution in [0.15, 0.2) is 22.7 Å². The molecule has 23 heavy (non-hydrogen) atoms.